The Morgan fingerprint density at radius 3 is 3.00 bits per heavy atom. The minimum absolute atomic E-state index is 0.0838. The Balaban J connectivity index is 2.31. The van der Waals surface area contributed by atoms with Crippen molar-refractivity contribution < 1.29 is 8.42 Å². The fraction of sp³-hybridized carbons (Fsp3) is 0.400. The predicted octanol–water partition coefficient (Wildman–Crippen LogP) is 3.15. The Morgan fingerprint density at radius 1 is 1.53 bits per heavy atom. The van der Waals surface area contributed by atoms with Crippen LogP contribution in [0.4, 0.5) is 0 Å². The topological polar surface area (TPSA) is 46.2 Å². The van der Waals surface area contributed by atoms with E-state index in [2.05, 4.69) is 20.7 Å². The van der Waals surface area contributed by atoms with Crippen LogP contribution in [0.15, 0.2) is 23.1 Å². The number of thioether (sulfide) groups is 1. The van der Waals surface area contributed by atoms with Crippen LogP contribution >= 0.6 is 39.3 Å². The van der Waals surface area contributed by atoms with E-state index in [1.807, 2.05) is 18.2 Å². The van der Waals surface area contributed by atoms with Gasteiger partial charge < -0.3 is 0 Å². The molecule has 1 aliphatic heterocycles. The van der Waals surface area contributed by atoms with Gasteiger partial charge in [0.05, 0.1) is 0 Å². The van der Waals surface area contributed by atoms with Crippen molar-refractivity contribution in [3.8, 4) is 0 Å². The lowest BCUT2D eigenvalue weighted by Gasteiger charge is -2.25. The fourth-order valence-electron chi connectivity index (χ4n) is 1.74. The fourth-order valence-corrected chi connectivity index (χ4v) is 4.16. The van der Waals surface area contributed by atoms with Gasteiger partial charge in [0.1, 0.15) is 4.66 Å². The Hall–Kier alpha value is 0.250. The third kappa shape index (κ3) is 3.38. The van der Waals surface area contributed by atoms with Gasteiger partial charge in [-0.15, -0.1) is 11.8 Å². The zero-order chi connectivity index (χ0) is 12.5. The third-order valence-electron chi connectivity index (χ3n) is 2.48. The molecule has 1 N–H and O–H groups in total. The molecule has 17 heavy (non-hydrogen) atoms. The number of fused-ring (bicyclic) bond motifs is 1. The van der Waals surface area contributed by atoms with Crippen LogP contribution in [-0.2, 0) is 10.0 Å². The van der Waals surface area contributed by atoms with Gasteiger partial charge in [-0.3, -0.25) is 0 Å². The monoisotopic (exact) mass is 355 g/mol. The van der Waals surface area contributed by atoms with Crippen molar-refractivity contribution in [3.05, 3.63) is 28.8 Å². The highest BCUT2D eigenvalue weighted by Gasteiger charge is 2.24. The van der Waals surface area contributed by atoms with E-state index >= 15 is 0 Å². The summed E-state index contributed by atoms with van der Waals surface area (Å²) in [5, 5.41) is 0.634. The SMILES string of the molecule is O=S(=O)(CBr)NC1CCSc2ccc(Cl)cc21. The summed E-state index contributed by atoms with van der Waals surface area (Å²) in [6.07, 6.45) is 0.782. The molecule has 2 rings (SSSR count). The highest BCUT2D eigenvalue weighted by Crippen LogP contribution is 2.37. The van der Waals surface area contributed by atoms with Crippen LogP contribution < -0.4 is 4.72 Å². The normalized spacial score (nSPS) is 20.0. The van der Waals surface area contributed by atoms with Gasteiger partial charge in [-0.2, -0.15) is 0 Å². The number of nitrogens with one attached hydrogen (secondary N) is 1. The van der Waals surface area contributed by atoms with E-state index in [4.69, 9.17) is 11.6 Å². The average molecular weight is 357 g/mol. The van der Waals surface area contributed by atoms with Crippen LogP contribution in [0.25, 0.3) is 0 Å². The Kier molecular flexibility index (Phi) is 4.41. The molecule has 0 saturated carbocycles. The van der Waals surface area contributed by atoms with Gasteiger partial charge >= 0.3 is 0 Å². The van der Waals surface area contributed by atoms with Crippen molar-refractivity contribution in [2.45, 2.75) is 17.4 Å². The van der Waals surface area contributed by atoms with Crippen molar-refractivity contribution in [3.63, 3.8) is 0 Å². The van der Waals surface area contributed by atoms with Crippen molar-refractivity contribution in [1.82, 2.24) is 4.72 Å². The molecule has 0 bridgehead atoms. The van der Waals surface area contributed by atoms with Crippen molar-refractivity contribution >= 4 is 49.3 Å². The van der Waals surface area contributed by atoms with Crippen LogP contribution in [0, 0.1) is 0 Å². The summed E-state index contributed by atoms with van der Waals surface area (Å²) in [5.41, 5.74) is 0.971. The van der Waals surface area contributed by atoms with Crippen molar-refractivity contribution in [2.24, 2.45) is 0 Å². The molecule has 0 saturated heterocycles. The molecule has 0 spiro atoms. The van der Waals surface area contributed by atoms with E-state index in [0.29, 0.717) is 5.02 Å². The molecule has 3 nitrogen and oxygen atoms in total. The van der Waals surface area contributed by atoms with Gasteiger partial charge in [-0.1, -0.05) is 27.5 Å². The predicted molar refractivity (Wildman–Crippen MR) is 75.4 cm³/mol. The number of hydrogen-bond acceptors (Lipinski definition) is 3. The maximum Gasteiger partial charge on any atom is 0.222 e. The van der Waals surface area contributed by atoms with Gasteiger partial charge in [-0.25, -0.2) is 13.1 Å². The summed E-state index contributed by atoms with van der Waals surface area (Å²) in [4.78, 5) is 1.10. The molecule has 0 amide bonds. The van der Waals surface area contributed by atoms with E-state index in [1.54, 1.807) is 11.8 Å². The molecule has 0 fully saturated rings. The molecule has 0 aromatic heterocycles. The third-order valence-corrected chi connectivity index (χ3v) is 6.57. The number of hydrogen-bond donors (Lipinski definition) is 1. The van der Waals surface area contributed by atoms with Gasteiger partial charge in [0.2, 0.25) is 10.0 Å². The zero-order valence-corrected chi connectivity index (χ0v) is 12.8. The number of sulfonamides is 1. The van der Waals surface area contributed by atoms with E-state index in [9.17, 15) is 8.42 Å². The van der Waals surface area contributed by atoms with Gasteiger partial charge in [-0.05, 0) is 35.9 Å². The molecule has 7 heteroatoms. The maximum atomic E-state index is 11.6. The summed E-state index contributed by atoms with van der Waals surface area (Å²) < 4.78 is 25.7. The molecular formula is C10H11BrClNO2S2. The van der Waals surface area contributed by atoms with E-state index in [0.717, 1.165) is 22.6 Å². The van der Waals surface area contributed by atoms with E-state index in [-0.39, 0.29) is 10.7 Å². The van der Waals surface area contributed by atoms with Crippen LogP contribution in [-0.4, -0.2) is 18.8 Å². The van der Waals surface area contributed by atoms with Gasteiger partial charge in [0, 0.05) is 16.0 Å². The molecular weight excluding hydrogens is 346 g/mol. The summed E-state index contributed by atoms with van der Waals surface area (Å²) in [5.74, 6) is 0.907. The van der Waals surface area contributed by atoms with Crippen LogP contribution in [0.3, 0.4) is 0 Å². The lowest BCUT2D eigenvalue weighted by molar-refractivity contribution is 0.550. The minimum atomic E-state index is -3.26. The van der Waals surface area contributed by atoms with Crippen LogP contribution in [0.1, 0.15) is 18.0 Å². The zero-order valence-electron chi connectivity index (χ0n) is 8.82. The lowest BCUT2D eigenvalue weighted by atomic mass is 10.1. The van der Waals surface area contributed by atoms with Crippen molar-refractivity contribution in [2.75, 3.05) is 10.4 Å². The molecule has 1 heterocycles. The van der Waals surface area contributed by atoms with Gasteiger partial charge in [0.25, 0.3) is 0 Å². The highest BCUT2D eigenvalue weighted by atomic mass is 79.9. The number of rotatable bonds is 3. The molecule has 94 valence electrons. The second-order valence-corrected chi connectivity index (χ2v) is 8.34. The van der Waals surface area contributed by atoms with Gasteiger partial charge in [0.15, 0.2) is 0 Å². The average Bonchev–Trinajstić information content (AvgIpc) is 2.30. The Labute approximate surface area is 118 Å². The smallest absolute Gasteiger partial charge is 0.212 e. The maximum absolute atomic E-state index is 11.6. The first-order valence-corrected chi connectivity index (χ1v) is 9.14. The first-order valence-electron chi connectivity index (χ1n) is 5.00. The quantitative estimate of drug-likeness (QED) is 0.846. The number of alkyl halides is 1. The van der Waals surface area contributed by atoms with Crippen LogP contribution in [0.5, 0.6) is 0 Å². The second kappa shape index (κ2) is 5.48. The Bertz CT molecular complexity index is 521. The summed E-state index contributed by atoms with van der Waals surface area (Å²) >= 11 is 10.7. The number of halogens is 2. The summed E-state index contributed by atoms with van der Waals surface area (Å²) in [6.45, 7) is 0. The van der Waals surface area contributed by atoms with Crippen LogP contribution in [0.2, 0.25) is 5.02 Å². The molecule has 0 radical (unpaired) electrons. The molecule has 1 aromatic carbocycles. The first kappa shape index (κ1) is 13.7. The molecule has 1 atom stereocenters. The molecule has 1 aliphatic rings. The first-order chi connectivity index (χ1) is 8.02. The lowest BCUT2D eigenvalue weighted by Crippen LogP contribution is -2.31. The second-order valence-electron chi connectivity index (χ2n) is 3.71. The summed E-state index contributed by atoms with van der Waals surface area (Å²) in [6, 6.07) is 5.43. The molecule has 1 aromatic rings. The standard InChI is InChI=1S/C10H11BrClNO2S2/c11-6-17(14,15)13-9-3-4-16-10-2-1-7(12)5-8(9)10/h1-2,5,9,13H,3-4,6H2. The van der Waals surface area contributed by atoms with E-state index < -0.39 is 10.0 Å². The highest BCUT2D eigenvalue weighted by molar-refractivity contribution is 9.10. The Morgan fingerprint density at radius 2 is 2.29 bits per heavy atom. The molecule has 0 aliphatic carbocycles. The number of benzene rings is 1. The van der Waals surface area contributed by atoms with E-state index in [1.165, 1.54) is 0 Å². The largest absolute Gasteiger partial charge is 0.222 e. The van der Waals surface area contributed by atoms with Crippen molar-refractivity contribution in [1.29, 1.82) is 0 Å². The minimum Gasteiger partial charge on any atom is -0.212 e. The molecule has 1 unspecified atom stereocenters. The summed E-state index contributed by atoms with van der Waals surface area (Å²) in [7, 11) is -3.26.